The number of pyridine rings is 1. The predicted octanol–water partition coefficient (Wildman–Crippen LogP) is 4.59. The number of thioether (sulfide) groups is 1. The van der Waals surface area contributed by atoms with Crippen molar-refractivity contribution in [3.63, 3.8) is 0 Å². The zero-order valence-electron chi connectivity index (χ0n) is 17.9. The third kappa shape index (κ3) is 4.56. The molecule has 0 atom stereocenters. The molecule has 4 rings (SSSR count). The average Bonchev–Trinajstić information content (AvgIpc) is 2.76. The van der Waals surface area contributed by atoms with Crippen molar-refractivity contribution in [2.45, 2.75) is 57.0 Å². The first-order chi connectivity index (χ1) is 15.1. The van der Waals surface area contributed by atoms with E-state index in [9.17, 15) is 9.59 Å². The van der Waals surface area contributed by atoms with Crippen molar-refractivity contribution >= 4 is 28.3 Å². The summed E-state index contributed by atoms with van der Waals surface area (Å²) in [4.78, 5) is 35.1. The zero-order valence-corrected chi connectivity index (χ0v) is 18.7. The molecule has 0 fully saturated rings. The topological polar surface area (TPSA) is 69.3 Å². The molecule has 3 aromatic heterocycles. The van der Waals surface area contributed by atoms with Gasteiger partial charge in [0.05, 0.1) is 16.6 Å². The smallest absolute Gasteiger partial charge is 0.262 e. The summed E-state index contributed by atoms with van der Waals surface area (Å²) in [6.45, 7) is 4.71. The van der Waals surface area contributed by atoms with Crippen molar-refractivity contribution in [3.8, 4) is 0 Å². The molecule has 6 nitrogen and oxygen atoms in total. The predicted molar refractivity (Wildman–Crippen MR) is 126 cm³/mol. The largest absolute Gasteiger partial charge is 0.287 e. The minimum absolute atomic E-state index is 0.00763. The van der Waals surface area contributed by atoms with Crippen molar-refractivity contribution in [2.24, 2.45) is 0 Å². The molecule has 3 heterocycles. The summed E-state index contributed by atoms with van der Waals surface area (Å²) in [7, 11) is 0. The van der Waals surface area contributed by atoms with E-state index >= 15 is 0 Å². The fourth-order valence-electron chi connectivity index (χ4n) is 3.73. The van der Waals surface area contributed by atoms with Crippen molar-refractivity contribution in [2.75, 3.05) is 0 Å². The van der Waals surface area contributed by atoms with Crippen LogP contribution in [0.4, 0.5) is 0 Å². The van der Waals surface area contributed by atoms with Crippen LogP contribution in [-0.4, -0.2) is 18.9 Å². The molecule has 0 amide bonds. The molecule has 0 radical (unpaired) electrons. The lowest BCUT2D eigenvalue weighted by molar-refractivity contribution is 0.531. The van der Waals surface area contributed by atoms with E-state index in [1.54, 1.807) is 15.0 Å². The van der Waals surface area contributed by atoms with Crippen molar-refractivity contribution < 1.29 is 0 Å². The van der Waals surface area contributed by atoms with Gasteiger partial charge in [0.1, 0.15) is 5.65 Å². The SMILES string of the molecule is CCCCCCn1c(SCc2cc(=O)n3c(C)cccc3n2)nc2ccccc2c1=O. The van der Waals surface area contributed by atoms with Crippen LogP contribution in [-0.2, 0) is 12.3 Å². The maximum absolute atomic E-state index is 13.1. The Balaban J connectivity index is 1.66. The summed E-state index contributed by atoms with van der Waals surface area (Å²) in [5.74, 6) is 0.472. The quantitative estimate of drug-likeness (QED) is 0.231. The summed E-state index contributed by atoms with van der Waals surface area (Å²) in [5.41, 5.74) is 2.76. The number of aromatic nitrogens is 4. The molecule has 160 valence electrons. The van der Waals surface area contributed by atoms with Gasteiger partial charge >= 0.3 is 0 Å². The van der Waals surface area contributed by atoms with Crippen LogP contribution in [0.25, 0.3) is 16.6 Å². The van der Waals surface area contributed by atoms with Crippen LogP contribution in [0, 0.1) is 6.92 Å². The Morgan fingerprint density at radius 2 is 1.81 bits per heavy atom. The van der Waals surface area contributed by atoms with Gasteiger partial charge in [-0.2, -0.15) is 0 Å². The van der Waals surface area contributed by atoms with Gasteiger partial charge in [0, 0.05) is 24.1 Å². The minimum atomic E-state index is -0.0953. The van der Waals surface area contributed by atoms with Gasteiger partial charge in [0.2, 0.25) is 0 Å². The van der Waals surface area contributed by atoms with Crippen LogP contribution >= 0.6 is 11.8 Å². The summed E-state index contributed by atoms with van der Waals surface area (Å²) in [5, 5.41) is 1.31. The number of benzene rings is 1. The number of aryl methyl sites for hydroxylation is 1. The monoisotopic (exact) mass is 434 g/mol. The molecule has 0 saturated heterocycles. The van der Waals surface area contributed by atoms with Crippen LogP contribution in [0.5, 0.6) is 0 Å². The third-order valence-electron chi connectivity index (χ3n) is 5.34. The molecular weight excluding hydrogens is 408 g/mol. The molecule has 0 bridgehead atoms. The molecule has 0 saturated carbocycles. The lowest BCUT2D eigenvalue weighted by atomic mass is 10.2. The maximum Gasteiger partial charge on any atom is 0.262 e. The first-order valence-corrected chi connectivity index (χ1v) is 11.7. The third-order valence-corrected chi connectivity index (χ3v) is 6.35. The highest BCUT2D eigenvalue weighted by Crippen LogP contribution is 2.22. The Morgan fingerprint density at radius 1 is 0.968 bits per heavy atom. The van der Waals surface area contributed by atoms with E-state index < -0.39 is 0 Å². The Bertz CT molecular complexity index is 1340. The van der Waals surface area contributed by atoms with Crippen molar-refractivity contribution in [3.05, 3.63) is 80.6 Å². The number of hydrogen-bond donors (Lipinski definition) is 0. The molecule has 1 aromatic carbocycles. The van der Waals surface area contributed by atoms with Crippen molar-refractivity contribution in [1.82, 2.24) is 18.9 Å². The molecule has 7 heteroatoms. The van der Waals surface area contributed by atoms with Gasteiger partial charge < -0.3 is 0 Å². The second-order valence-electron chi connectivity index (χ2n) is 7.66. The number of fused-ring (bicyclic) bond motifs is 2. The summed E-state index contributed by atoms with van der Waals surface area (Å²) in [6, 6.07) is 14.6. The first kappa shape index (κ1) is 21.3. The van der Waals surface area contributed by atoms with Gasteiger partial charge in [-0.3, -0.25) is 18.6 Å². The van der Waals surface area contributed by atoms with E-state index in [1.807, 2.05) is 49.4 Å². The molecule has 31 heavy (non-hydrogen) atoms. The van der Waals surface area contributed by atoms with Crippen molar-refractivity contribution in [1.29, 1.82) is 0 Å². The lowest BCUT2D eigenvalue weighted by Gasteiger charge is -2.13. The van der Waals surface area contributed by atoms with Gasteiger partial charge in [-0.05, 0) is 37.6 Å². The van der Waals surface area contributed by atoms with Crippen LogP contribution in [0.2, 0.25) is 0 Å². The number of rotatable bonds is 8. The van der Waals surface area contributed by atoms with Gasteiger partial charge in [-0.1, -0.05) is 56.1 Å². The van der Waals surface area contributed by atoms with Crippen LogP contribution < -0.4 is 11.1 Å². The fraction of sp³-hybridized carbons (Fsp3) is 0.333. The van der Waals surface area contributed by atoms with E-state index in [0.29, 0.717) is 39.7 Å². The maximum atomic E-state index is 13.1. The number of hydrogen-bond acceptors (Lipinski definition) is 5. The highest BCUT2D eigenvalue weighted by Gasteiger charge is 2.13. The summed E-state index contributed by atoms with van der Waals surface area (Å²) in [6.07, 6.45) is 4.33. The minimum Gasteiger partial charge on any atom is -0.287 e. The van der Waals surface area contributed by atoms with E-state index in [1.165, 1.54) is 11.8 Å². The molecule has 0 aliphatic heterocycles. The van der Waals surface area contributed by atoms with Gasteiger partial charge in [0.25, 0.3) is 11.1 Å². The molecule has 0 N–H and O–H groups in total. The Hall–Kier alpha value is -2.93. The zero-order chi connectivity index (χ0) is 21.8. The Labute approximate surface area is 185 Å². The van der Waals surface area contributed by atoms with E-state index in [2.05, 4.69) is 11.9 Å². The molecule has 0 aliphatic rings. The van der Waals surface area contributed by atoms with Crippen LogP contribution in [0.15, 0.2) is 63.3 Å². The van der Waals surface area contributed by atoms with Crippen LogP contribution in [0.3, 0.4) is 0 Å². The average molecular weight is 435 g/mol. The molecule has 0 aliphatic carbocycles. The fourth-order valence-corrected chi connectivity index (χ4v) is 4.65. The van der Waals surface area contributed by atoms with Gasteiger partial charge in [0.15, 0.2) is 5.16 Å². The molecule has 4 aromatic rings. The van der Waals surface area contributed by atoms with E-state index in [-0.39, 0.29) is 11.1 Å². The Kier molecular flexibility index (Phi) is 6.51. The number of para-hydroxylation sites is 1. The number of nitrogens with zero attached hydrogens (tertiary/aromatic N) is 4. The summed E-state index contributed by atoms with van der Waals surface area (Å²) < 4.78 is 3.38. The lowest BCUT2D eigenvalue weighted by Crippen LogP contribution is -2.23. The molecular formula is C24H26N4O2S. The molecule has 0 unspecified atom stereocenters. The van der Waals surface area contributed by atoms with Gasteiger partial charge in [-0.15, -0.1) is 0 Å². The second-order valence-corrected chi connectivity index (χ2v) is 8.61. The second kappa shape index (κ2) is 9.47. The van der Waals surface area contributed by atoms with E-state index in [0.717, 1.165) is 31.4 Å². The Morgan fingerprint density at radius 3 is 2.65 bits per heavy atom. The van der Waals surface area contributed by atoms with Crippen LogP contribution in [0.1, 0.15) is 44.0 Å². The standard InChI is InChI=1S/C24H26N4O2S/c1-3-4-5-8-14-27-23(30)19-11-6-7-12-20(19)26-24(27)31-16-18-15-22(29)28-17(2)10-9-13-21(28)25-18/h6-7,9-13,15H,3-5,8,14,16H2,1-2H3. The molecule has 0 spiro atoms. The van der Waals surface area contributed by atoms with Gasteiger partial charge in [-0.25, -0.2) is 9.97 Å². The van der Waals surface area contributed by atoms with E-state index in [4.69, 9.17) is 4.98 Å². The first-order valence-electron chi connectivity index (χ1n) is 10.7. The number of unbranched alkanes of at least 4 members (excludes halogenated alkanes) is 3. The highest BCUT2D eigenvalue weighted by atomic mass is 32.2. The summed E-state index contributed by atoms with van der Waals surface area (Å²) >= 11 is 1.46. The highest BCUT2D eigenvalue weighted by molar-refractivity contribution is 7.98. The normalized spacial score (nSPS) is 11.4.